The molecule has 4 aliphatic heterocycles. The molecule has 18 heteroatoms. The van der Waals surface area contributed by atoms with E-state index in [1.54, 1.807) is 27.7 Å². The van der Waals surface area contributed by atoms with Crippen molar-refractivity contribution in [1.82, 2.24) is 4.90 Å². The molecule has 406 valence electrons. The number of hydrogen-bond acceptors (Lipinski definition) is 18. The number of aliphatic hydroxyl groups excluding tert-OH is 2. The third-order valence-electron chi connectivity index (χ3n) is 15.1. The topological polar surface area (TPSA) is 220 Å². The average molecular weight is 1000 g/mol. The highest BCUT2D eigenvalue weighted by Gasteiger charge is 2.51. The Balaban J connectivity index is 1.88. The molecule has 0 spiro atoms. The summed E-state index contributed by atoms with van der Waals surface area (Å²) >= 11 is 0. The summed E-state index contributed by atoms with van der Waals surface area (Å²) in [5.74, 6) is -6.98. The van der Waals surface area contributed by atoms with Crippen molar-refractivity contribution in [3.8, 4) is 0 Å². The Bertz CT molecular complexity index is 1680. The molecule has 0 aromatic rings. The molecule has 4 aliphatic rings. The van der Waals surface area contributed by atoms with Gasteiger partial charge in [-0.05, 0) is 72.8 Å². The molecule has 0 aromatic carbocycles. The smallest absolute Gasteiger partial charge is 0.311 e. The number of carbonyl (C=O) groups excluding carboxylic acids is 3. The fourth-order valence-electron chi connectivity index (χ4n) is 11.2. The largest absolute Gasteiger partial charge is 0.461 e. The molecule has 0 radical (unpaired) electrons. The van der Waals surface area contributed by atoms with Crippen molar-refractivity contribution >= 4 is 23.4 Å². The van der Waals surface area contributed by atoms with E-state index in [1.807, 2.05) is 55.4 Å². The minimum absolute atomic E-state index is 0.0242. The van der Waals surface area contributed by atoms with Crippen molar-refractivity contribution < 1.29 is 77.2 Å². The highest BCUT2D eigenvalue weighted by molar-refractivity contribution is 5.90. The van der Waals surface area contributed by atoms with Crippen LogP contribution < -0.4 is 0 Å². The Morgan fingerprint density at radius 1 is 0.843 bits per heavy atom. The summed E-state index contributed by atoms with van der Waals surface area (Å²) in [7, 11) is 2.91. The molecule has 18 nitrogen and oxygen atoms in total. The fourth-order valence-corrected chi connectivity index (χ4v) is 11.2. The third kappa shape index (κ3) is 15.4. The van der Waals surface area contributed by atoms with Crippen LogP contribution in [0.4, 0.5) is 0 Å². The second-order valence-corrected chi connectivity index (χ2v) is 22.0. The van der Waals surface area contributed by atoms with Gasteiger partial charge in [-0.3, -0.25) is 19.3 Å². The van der Waals surface area contributed by atoms with Gasteiger partial charge in [0.15, 0.2) is 24.7 Å². The molecule has 4 saturated heterocycles. The van der Waals surface area contributed by atoms with Crippen LogP contribution in [0.3, 0.4) is 0 Å². The first-order valence-electron chi connectivity index (χ1n) is 26.0. The monoisotopic (exact) mass is 1000 g/mol. The first-order chi connectivity index (χ1) is 32.8. The fraction of sp³-hybridized carbons (Fsp3) is 0.923. The van der Waals surface area contributed by atoms with Gasteiger partial charge in [-0.15, -0.1) is 0 Å². The van der Waals surface area contributed by atoms with Gasteiger partial charge in [0.1, 0.15) is 37.1 Å². The molecule has 0 aromatic heterocycles. The van der Waals surface area contributed by atoms with E-state index in [-0.39, 0.29) is 43.4 Å². The molecule has 4 rings (SSSR count). The highest BCUT2D eigenvalue weighted by Crippen LogP contribution is 2.39. The van der Waals surface area contributed by atoms with Gasteiger partial charge in [-0.2, -0.15) is 0 Å². The molecular weight excluding hydrogens is 909 g/mol. The van der Waals surface area contributed by atoms with E-state index in [0.29, 0.717) is 25.1 Å². The maximum atomic E-state index is 15.2. The normalized spacial score (nSPS) is 43.2. The van der Waals surface area contributed by atoms with Crippen molar-refractivity contribution in [2.24, 2.45) is 52.5 Å². The summed E-state index contributed by atoms with van der Waals surface area (Å²) in [6, 6.07) is 0.0762. The van der Waals surface area contributed by atoms with E-state index in [4.69, 9.17) is 47.5 Å². The van der Waals surface area contributed by atoms with E-state index in [0.717, 1.165) is 13.0 Å². The summed E-state index contributed by atoms with van der Waals surface area (Å²) in [6.07, 6.45) is -9.22. The van der Waals surface area contributed by atoms with E-state index in [9.17, 15) is 24.9 Å². The lowest BCUT2D eigenvalue weighted by molar-refractivity contribution is -0.288. The number of esters is 2. The van der Waals surface area contributed by atoms with Crippen LogP contribution >= 0.6 is 0 Å². The predicted molar refractivity (Wildman–Crippen MR) is 260 cm³/mol. The van der Waals surface area contributed by atoms with Crippen molar-refractivity contribution in [2.45, 2.75) is 228 Å². The second kappa shape index (κ2) is 26.7. The zero-order valence-corrected chi connectivity index (χ0v) is 45.4. The lowest BCUT2D eigenvalue weighted by Crippen LogP contribution is -2.55. The summed E-state index contributed by atoms with van der Waals surface area (Å²) in [5, 5.41) is 38.9. The third-order valence-corrected chi connectivity index (χ3v) is 15.1. The zero-order chi connectivity index (χ0) is 52.5. The van der Waals surface area contributed by atoms with E-state index in [2.05, 4.69) is 23.9 Å². The van der Waals surface area contributed by atoms with E-state index in [1.165, 1.54) is 21.1 Å². The maximum Gasteiger partial charge on any atom is 0.311 e. The number of rotatable bonds is 15. The number of methoxy groups -OCH3 is 1. The van der Waals surface area contributed by atoms with Gasteiger partial charge >= 0.3 is 11.9 Å². The standard InChI is InChI=1S/C52H92N2O16/c1-18-19-54-24-31(8)64-40(21-29(54)6)68-46-33(10)43(70-50-42(57)38(53-62-17)22-30(7)65-50)27(4)23-52(15,60)48(58)35(12)45(67-39(55)20-26(2)3)34(11)44(69-49(59)36(46)13)28(5)25-63-51-47(61-16)32(9)41(56)37(14)66-51/h26-37,40-47,50-51,56-57,60H,18-25H2,1-17H3/b53-38+/t27-,28-,29?,30+,31-,32+,33+,34-,35+,36+,37+,40-,41-,42+,43-,44+,45+,46-,47+,50-,51+,52-/m0/s1. The molecule has 3 N–H and O–H groups in total. The minimum atomic E-state index is -2.00. The van der Waals surface area contributed by atoms with Crippen LogP contribution in [0, 0.1) is 47.3 Å². The number of aliphatic hydroxyl groups is 3. The van der Waals surface area contributed by atoms with Crippen LogP contribution in [0.15, 0.2) is 5.16 Å². The van der Waals surface area contributed by atoms with E-state index >= 15 is 4.79 Å². The number of Topliss-reactive ketones (excluding diaryl/α,β-unsaturated/α-hetero) is 1. The summed E-state index contributed by atoms with van der Waals surface area (Å²) in [5.41, 5.74) is -1.67. The highest BCUT2D eigenvalue weighted by atomic mass is 16.7. The van der Waals surface area contributed by atoms with Gasteiger partial charge in [-0.25, -0.2) is 0 Å². The molecule has 4 fully saturated rings. The zero-order valence-electron chi connectivity index (χ0n) is 45.4. The molecule has 0 aliphatic carbocycles. The quantitative estimate of drug-likeness (QED) is 0.133. The molecule has 0 bridgehead atoms. The van der Waals surface area contributed by atoms with Crippen molar-refractivity contribution in [2.75, 3.05) is 33.9 Å². The number of ketones is 1. The number of cyclic esters (lactones) is 1. The second-order valence-electron chi connectivity index (χ2n) is 22.0. The first kappa shape index (κ1) is 60.2. The molecule has 70 heavy (non-hydrogen) atoms. The van der Waals surface area contributed by atoms with Crippen LogP contribution in [-0.2, 0) is 61.9 Å². The molecule has 1 unspecified atom stereocenters. The van der Waals surface area contributed by atoms with Crippen molar-refractivity contribution in [3.05, 3.63) is 0 Å². The number of hydrogen-bond donors (Lipinski definition) is 3. The molecule has 0 amide bonds. The minimum Gasteiger partial charge on any atom is -0.461 e. The maximum absolute atomic E-state index is 15.2. The molecule has 22 atom stereocenters. The first-order valence-corrected chi connectivity index (χ1v) is 26.0. The molecule has 0 saturated carbocycles. The summed E-state index contributed by atoms with van der Waals surface area (Å²) < 4.78 is 57.9. The number of ether oxygens (including phenoxy) is 9. The van der Waals surface area contributed by atoms with Crippen LogP contribution in [0.5, 0.6) is 0 Å². The van der Waals surface area contributed by atoms with Crippen LogP contribution in [0.2, 0.25) is 0 Å². The van der Waals surface area contributed by atoms with Crippen LogP contribution in [-0.4, -0.2) is 169 Å². The Morgan fingerprint density at radius 3 is 2.13 bits per heavy atom. The van der Waals surface area contributed by atoms with Crippen molar-refractivity contribution in [1.29, 1.82) is 0 Å². The van der Waals surface area contributed by atoms with Crippen molar-refractivity contribution in [3.63, 3.8) is 0 Å². The number of carbonyl (C=O) groups is 3. The van der Waals surface area contributed by atoms with Gasteiger partial charge in [0.25, 0.3) is 0 Å². The number of nitrogens with zero attached hydrogens (tertiary/aromatic N) is 2. The predicted octanol–water partition coefficient (Wildman–Crippen LogP) is 5.67. The number of oxime groups is 1. The van der Waals surface area contributed by atoms with Gasteiger partial charge in [0, 0.05) is 62.6 Å². The Morgan fingerprint density at radius 2 is 1.51 bits per heavy atom. The van der Waals surface area contributed by atoms with Crippen LogP contribution in [0.25, 0.3) is 0 Å². The lowest BCUT2D eigenvalue weighted by Gasteiger charge is -2.44. The SMILES string of the molecule is CCCN1C[C@H](C)O[C@@H](O[C@H]2[C@H](C)[C@@H](O[C@@H]3O[C@H](C)C/C(=N\OC)[C@H]3O)[C@@H](C)C[C@](C)(O)C(=O)[C@H](C)[C@H](OC(=O)CC(C)C)[C@@H](C)[C@@H]([C@@H](C)CO[C@@H]3O[C@H](C)[C@@H](O)[C@@H](C)[C@H]3OC)OC(=O)[C@@H]2C)CC1C. The summed E-state index contributed by atoms with van der Waals surface area (Å²) in [6.45, 7) is 29.2. The van der Waals surface area contributed by atoms with E-state index < -0.39 is 133 Å². The Kier molecular flexibility index (Phi) is 23.0. The van der Waals surface area contributed by atoms with Gasteiger partial charge in [-0.1, -0.05) is 67.5 Å². The van der Waals surface area contributed by atoms with Gasteiger partial charge < -0.3 is 62.8 Å². The Labute approximate surface area is 418 Å². The molecule has 4 heterocycles. The molecular formula is C52H92N2O16. The van der Waals surface area contributed by atoms with Gasteiger partial charge in [0.05, 0.1) is 60.8 Å². The van der Waals surface area contributed by atoms with Gasteiger partial charge in [0.2, 0.25) is 0 Å². The summed E-state index contributed by atoms with van der Waals surface area (Å²) in [4.78, 5) is 51.2. The Hall–Kier alpha value is -2.36. The average Bonchev–Trinajstić information content (AvgIpc) is 3.41. The van der Waals surface area contributed by atoms with Crippen LogP contribution in [0.1, 0.15) is 136 Å². The lowest BCUT2D eigenvalue weighted by atomic mass is 9.74.